The van der Waals surface area contributed by atoms with Crippen LogP contribution < -0.4 is 0 Å². The zero-order valence-electron chi connectivity index (χ0n) is 8.85. The number of thioether (sulfide) groups is 1. The Hall–Kier alpha value is -0.780. The summed E-state index contributed by atoms with van der Waals surface area (Å²) in [7, 11) is 0. The molecule has 0 spiro atoms. The molecule has 0 amide bonds. The van der Waals surface area contributed by atoms with Gasteiger partial charge in [0, 0.05) is 11.0 Å². The average Bonchev–Trinajstić information content (AvgIpc) is 2.31. The van der Waals surface area contributed by atoms with Crippen LogP contribution in [0.15, 0.2) is 45.4 Å². The molecule has 0 aliphatic heterocycles. The molecular weight excluding hydrogens is 279 g/mol. The standard InChI is InChI=1S/C11H8ClFN2S2/c1-16-11-14-9(12)6-10(15-11)17-8-5-3-2-4-7(8)13/h2-6H,1H3. The van der Waals surface area contributed by atoms with E-state index in [1.165, 1.54) is 29.6 Å². The molecule has 2 rings (SSSR count). The van der Waals surface area contributed by atoms with Crippen LogP contribution in [-0.4, -0.2) is 16.2 Å². The molecule has 0 radical (unpaired) electrons. The van der Waals surface area contributed by atoms with Crippen molar-refractivity contribution in [2.45, 2.75) is 15.1 Å². The quantitative estimate of drug-likeness (QED) is 0.481. The van der Waals surface area contributed by atoms with Crippen LogP contribution in [-0.2, 0) is 0 Å². The highest BCUT2D eigenvalue weighted by atomic mass is 35.5. The molecule has 2 aromatic rings. The minimum absolute atomic E-state index is 0.266. The lowest BCUT2D eigenvalue weighted by Crippen LogP contribution is -1.89. The van der Waals surface area contributed by atoms with Gasteiger partial charge in [-0.25, -0.2) is 14.4 Å². The maximum absolute atomic E-state index is 13.5. The van der Waals surface area contributed by atoms with Crippen LogP contribution >= 0.6 is 35.1 Å². The van der Waals surface area contributed by atoms with Crippen LogP contribution in [0.5, 0.6) is 0 Å². The Labute approximate surface area is 112 Å². The number of hydrogen-bond acceptors (Lipinski definition) is 4. The van der Waals surface area contributed by atoms with Crippen molar-refractivity contribution in [1.29, 1.82) is 0 Å². The Morgan fingerprint density at radius 3 is 2.71 bits per heavy atom. The first kappa shape index (κ1) is 12.7. The fourth-order valence-electron chi connectivity index (χ4n) is 1.16. The van der Waals surface area contributed by atoms with Crippen molar-refractivity contribution in [1.82, 2.24) is 9.97 Å². The molecule has 0 saturated carbocycles. The molecule has 2 nitrogen and oxygen atoms in total. The second kappa shape index (κ2) is 5.71. The molecule has 1 aromatic carbocycles. The van der Waals surface area contributed by atoms with E-state index in [0.29, 0.717) is 20.2 Å². The molecule has 17 heavy (non-hydrogen) atoms. The first-order valence-corrected chi connectivity index (χ1v) is 7.12. The van der Waals surface area contributed by atoms with Crippen molar-refractivity contribution in [3.05, 3.63) is 41.3 Å². The van der Waals surface area contributed by atoms with E-state index < -0.39 is 0 Å². The Bertz CT molecular complexity index is 537. The van der Waals surface area contributed by atoms with Gasteiger partial charge in [0.15, 0.2) is 5.16 Å². The van der Waals surface area contributed by atoms with Crippen LogP contribution in [0, 0.1) is 5.82 Å². The fourth-order valence-corrected chi connectivity index (χ4v) is 2.74. The number of hydrogen-bond donors (Lipinski definition) is 0. The number of benzene rings is 1. The second-order valence-corrected chi connectivity index (χ2v) is 5.27. The highest BCUT2D eigenvalue weighted by Gasteiger charge is 2.07. The molecule has 0 bridgehead atoms. The number of aromatic nitrogens is 2. The lowest BCUT2D eigenvalue weighted by molar-refractivity contribution is 0.602. The van der Waals surface area contributed by atoms with E-state index in [1.54, 1.807) is 24.3 Å². The van der Waals surface area contributed by atoms with Gasteiger partial charge in [-0.2, -0.15) is 0 Å². The predicted molar refractivity (Wildman–Crippen MR) is 69.3 cm³/mol. The predicted octanol–water partition coefficient (Wildman–Crippen LogP) is 4.14. The van der Waals surface area contributed by atoms with Gasteiger partial charge in [0.05, 0.1) is 0 Å². The van der Waals surface area contributed by atoms with Gasteiger partial charge >= 0.3 is 0 Å². The Kier molecular flexibility index (Phi) is 4.25. The number of halogens is 2. The highest BCUT2D eigenvalue weighted by molar-refractivity contribution is 7.99. The molecule has 1 aromatic heterocycles. The molecule has 0 saturated heterocycles. The molecule has 0 aliphatic carbocycles. The summed E-state index contributed by atoms with van der Waals surface area (Å²) < 4.78 is 13.5. The van der Waals surface area contributed by atoms with Crippen LogP contribution in [0.3, 0.4) is 0 Å². The van der Waals surface area contributed by atoms with Gasteiger partial charge in [0.25, 0.3) is 0 Å². The first-order chi connectivity index (χ1) is 8.19. The van der Waals surface area contributed by atoms with Crippen molar-refractivity contribution in [3.63, 3.8) is 0 Å². The van der Waals surface area contributed by atoms with Crippen LogP contribution in [0.4, 0.5) is 4.39 Å². The molecule has 0 atom stereocenters. The van der Waals surface area contributed by atoms with Gasteiger partial charge in [-0.3, -0.25) is 0 Å². The van der Waals surface area contributed by atoms with Crippen molar-refractivity contribution < 1.29 is 4.39 Å². The van der Waals surface area contributed by atoms with E-state index in [9.17, 15) is 4.39 Å². The van der Waals surface area contributed by atoms with Gasteiger partial charge in [-0.1, -0.05) is 47.3 Å². The van der Waals surface area contributed by atoms with Crippen LogP contribution in [0.1, 0.15) is 0 Å². The summed E-state index contributed by atoms with van der Waals surface area (Å²) >= 11 is 8.50. The molecule has 0 aliphatic rings. The second-order valence-electron chi connectivity index (χ2n) is 3.05. The summed E-state index contributed by atoms with van der Waals surface area (Å²) in [5, 5.41) is 1.58. The zero-order valence-corrected chi connectivity index (χ0v) is 11.2. The summed E-state index contributed by atoms with van der Waals surface area (Å²) in [6.45, 7) is 0. The molecule has 88 valence electrons. The monoisotopic (exact) mass is 286 g/mol. The Morgan fingerprint density at radius 1 is 1.24 bits per heavy atom. The zero-order chi connectivity index (χ0) is 12.3. The van der Waals surface area contributed by atoms with Gasteiger partial charge in [-0.05, 0) is 18.4 Å². The fraction of sp³-hybridized carbons (Fsp3) is 0.0909. The summed E-state index contributed by atoms with van der Waals surface area (Å²) in [5.74, 6) is -0.266. The van der Waals surface area contributed by atoms with Crippen molar-refractivity contribution in [2.75, 3.05) is 6.26 Å². The highest BCUT2D eigenvalue weighted by Crippen LogP contribution is 2.30. The first-order valence-electron chi connectivity index (χ1n) is 4.70. The van der Waals surface area contributed by atoms with E-state index in [0.717, 1.165) is 0 Å². The van der Waals surface area contributed by atoms with Crippen molar-refractivity contribution in [2.24, 2.45) is 0 Å². The normalized spacial score (nSPS) is 10.5. The van der Waals surface area contributed by atoms with E-state index >= 15 is 0 Å². The third-order valence-corrected chi connectivity index (χ3v) is 3.60. The van der Waals surface area contributed by atoms with Crippen LogP contribution in [0.2, 0.25) is 5.15 Å². The maximum atomic E-state index is 13.5. The van der Waals surface area contributed by atoms with Gasteiger partial charge in [0.1, 0.15) is 16.0 Å². The maximum Gasteiger partial charge on any atom is 0.189 e. The third kappa shape index (κ3) is 3.34. The van der Waals surface area contributed by atoms with Crippen LogP contribution in [0.25, 0.3) is 0 Å². The Morgan fingerprint density at radius 2 is 2.00 bits per heavy atom. The molecule has 0 N–H and O–H groups in total. The van der Waals surface area contributed by atoms with E-state index in [1.807, 2.05) is 6.26 Å². The summed E-state index contributed by atoms with van der Waals surface area (Å²) in [4.78, 5) is 8.80. The lowest BCUT2D eigenvalue weighted by Gasteiger charge is -2.04. The molecule has 0 unspecified atom stereocenters. The summed E-state index contributed by atoms with van der Waals surface area (Å²) in [6, 6.07) is 8.18. The van der Waals surface area contributed by atoms with Crippen molar-refractivity contribution in [3.8, 4) is 0 Å². The van der Waals surface area contributed by atoms with E-state index in [4.69, 9.17) is 11.6 Å². The smallest absolute Gasteiger partial charge is 0.189 e. The number of rotatable bonds is 3. The molecule has 6 heteroatoms. The van der Waals surface area contributed by atoms with Gasteiger partial charge in [-0.15, -0.1) is 0 Å². The molecular formula is C11H8ClFN2S2. The SMILES string of the molecule is CSc1nc(Cl)cc(Sc2ccccc2F)n1. The topological polar surface area (TPSA) is 25.8 Å². The number of nitrogens with zero attached hydrogens (tertiary/aromatic N) is 2. The Balaban J connectivity index is 2.30. The van der Waals surface area contributed by atoms with Gasteiger partial charge < -0.3 is 0 Å². The minimum atomic E-state index is -0.266. The molecule has 1 heterocycles. The molecule has 0 fully saturated rings. The third-order valence-electron chi connectivity index (χ3n) is 1.88. The van der Waals surface area contributed by atoms with Gasteiger partial charge in [0.2, 0.25) is 0 Å². The summed E-state index contributed by atoms with van der Waals surface area (Å²) in [6.07, 6.45) is 1.86. The van der Waals surface area contributed by atoms with E-state index in [-0.39, 0.29) is 5.82 Å². The largest absolute Gasteiger partial charge is 0.216 e. The van der Waals surface area contributed by atoms with E-state index in [2.05, 4.69) is 9.97 Å². The average molecular weight is 287 g/mol. The summed E-state index contributed by atoms with van der Waals surface area (Å²) in [5.41, 5.74) is 0. The minimum Gasteiger partial charge on any atom is -0.216 e. The van der Waals surface area contributed by atoms with Crippen molar-refractivity contribution >= 4 is 35.1 Å². The lowest BCUT2D eigenvalue weighted by atomic mass is 10.3.